The maximum absolute atomic E-state index is 12.9. The van der Waals surface area contributed by atoms with Gasteiger partial charge >= 0.3 is 12.0 Å². The number of carbonyl (C=O) groups excluding carboxylic acids is 4. The molecule has 0 unspecified atom stereocenters. The van der Waals surface area contributed by atoms with Crippen LogP contribution in [0.2, 0.25) is 0 Å². The minimum absolute atomic E-state index is 0.207. The van der Waals surface area contributed by atoms with Gasteiger partial charge in [0.05, 0.1) is 12.8 Å². The first-order chi connectivity index (χ1) is 13.8. The molecule has 0 aliphatic carbocycles. The molecule has 1 fully saturated rings. The normalized spacial score (nSPS) is 15.3. The summed E-state index contributed by atoms with van der Waals surface area (Å²) < 4.78 is 10.2. The fourth-order valence-electron chi connectivity index (χ4n) is 2.87. The van der Waals surface area contributed by atoms with Crippen LogP contribution in [-0.4, -0.2) is 30.9 Å². The summed E-state index contributed by atoms with van der Waals surface area (Å²) in [5.74, 6) is -1.59. The largest absolute Gasteiger partial charge is 0.493 e. The van der Waals surface area contributed by atoms with Crippen LogP contribution in [0.15, 0.2) is 48.0 Å². The van der Waals surface area contributed by atoms with Crippen LogP contribution in [0.1, 0.15) is 18.1 Å². The van der Waals surface area contributed by atoms with Crippen molar-refractivity contribution in [2.24, 2.45) is 0 Å². The van der Waals surface area contributed by atoms with Crippen molar-refractivity contribution in [1.29, 1.82) is 0 Å². The molecular formula is C21H18N2O6. The van der Waals surface area contributed by atoms with Gasteiger partial charge in [0, 0.05) is 6.92 Å². The maximum atomic E-state index is 12.9. The number of barbiturate groups is 1. The Morgan fingerprint density at radius 1 is 1.07 bits per heavy atom. The predicted molar refractivity (Wildman–Crippen MR) is 104 cm³/mol. The molecule has 1 aliphatic rings. The van der Waals surface area contributed by atoms with Crippen LogP contribution < -0.4 is 19.7 Å². The first-order valence-corrected chi connectivity index (χ1v) is 8.65. The molecule has 1 N–H and O–H groups in total. The third-order valence-corrected chi connectivity index (χ3v) is 4.21. The molecule has 1 heterocycles. The van der Waals surface area contributed by atoms with E-state index < -0.39 is 23.8 Å². The minimum atomic E-state index is -0.811. The summed E-state index contributed by atoms with van der Waals surface area (Å²) in [5, 5.41) is 2.18. The molecule has 4 amide bonds. The number of nitrogens with one attached hydrogen (secondary N) is 1. The molecule has 2 aromatic carbocycles. The van der Waals surface area contributed by atoms with Crippen molar-refractivity contribution < 1.29 is 28.7 Å². The lowest BCUT2D eigenvalue weighted by atomic mass is 10.1. The predicted octanol–water partition coefficient (Wildman–Crippen LogP) is 2.60. The highest BCUT2D eigenvalue weighted by Crippen LogP contribution is 2.30. The third kappa shape index (κ3) is 4.01. The second-order valence-corrected chi connectivity index (χ2v) is 6.25. The second-order valence-electron chi connectivity index (χ2n) is 6.25. The van der Waals surface area contributed by atoms with Crippen molar-refractivity contribution in [2.75, 3.05) is 12.0 Å². The van der Waals surface area contributed by atoms with Gasteiger partial charge in [0.25, 0.3) is 11.8 Å². The highest BCUT2D eigenvalue weighted by Gasteiger charge is 2.37. The number of hydrogen-bond acceptors (Lipinski definition) is 6. The minimum Gasteiger partial charge on any atom is -0.493 e. The molecule has 8 heteroatoms. The fraction of sp³-hybridized carbons (Fsp3) is 0.143. The van der Waals surface area contributed by atoms with E-state index in [1.54, 1.807) is 37.3 Å². The zero-order valence-electron chi connectivity index (χ0n) is 16.0. The SMILES string of the molecule is COc1cc(/C=C2\C(=O)NC(=O)N(c3ccccc3C)C2=O)ccc1OC(C)=O. The van der Waals surface area contributed by atoms with Gasteiger partial charge in [-0.2, -0.15) is 0 Å². The van der Waals surface area contributed by atoms with Crippen LogP contribution in [0, 0.1) is 6.92 Å². The number of aryl methyl sites for hydroxylation is 1. The Balaban J connectivity index is 2.01. The van der Waals surface area contributed by atoms with Gasteiger partial charge in [0.2, 0.25) is 0 Å². The molecule has 0 atom stereocenters. The Bertz CT molecular complexity index is 1060. The standard InChI is InChI=1S/C21H18N2O6/c1-12-6-4-5-7-16(12)23-20(26)15(19(25)22-21(23)27)10-14-8-9-17(29-13(2)24)18(11-14)28-3/h4-11H,1-3H3,(H,22,25,27)/b15-10+. The summed E-state index contributed by atoms with van der Waals surface area (Å²) in [6.45, 7) is 3.02. The summed E-state index contributed by atoms with van der Waals surface area (Å²) >= 11 is 0. The highest BCUT2D eigenvalue weighted by molar-refractivity contribution is 6.39. The summed E-state index contributed by atoms with van der Waals surface area (Å²) in [6.07, 6.45) is 1.34. The molecular weight excluding hydrogens is 376 g/mol. The van der Waals surface area contributed by atoms with E-state index >= 15 is 0 Å². The second kappa shape index (κ2) is 7.97. The lowest BCUT2D eigenvalue weighted by molar-refractivity contribution is -0.132. The number of hydrogen-bond donors (Lipinski definition) is 1. The number of nitrogens with zero attached hydrogens (tertiary/aromatic N) is 1. The Hall–Kier alpha value is -3.94. The summed E-state index contributed by atoms with van der Waals surface area (Å²) in [7, 11) is 1.40. The topological polar surface area (TPSA) is 102 Å². The van der Waals surface area contributed by atoms with Crippen molar-refractivity contribution in [2.45, 2.75) is 13.8 Å². The van der Waals surface area contributed by atoms with Gasteiger partial charge in [0.1, 0.15) is 5.57 Å². The number of methoxy groups -OCH3 is 1. The van der Waals surface area contributed by atoms with Crippen LogP contribution in [-0.2, 0) is 14.4 Å². The highest BCUT2D eigenvalue weighted by atomic mass is 16.6. The Morgan fingerprint density at radius 2 is 1.79 bits per heavy atom. The van der Waals surface area contributed by atoms with Gasteiger partial charge in [-0.25, -0.2) is 9.69 Å². The first kappa shape index (κ1) is 19.8. The molecule has 0 aromatic heterocycles. The fourth-order valence-corrected chi connectivity index (χ4v) is 2.87. The molecule has 0 spiro atoms. The zero-order valence-corrected chi connectivity index (χ0v) is 16.0. The van der Waals surface area contributed by atoms with E-state index in [0.717, 1.165) is 4.90 Å². The van der Waals surface area contributed by atoms with E-state index in [9.17, 15) is 19.2 Å². The Labute approximate surface area is 166 Å². The molecule has 29 heavy (non-hydrogen) atoms. The lowest BCUT2D eigenvalue weighted by Gasteiger charge is -2.27. The van der Waals surface area contributed by atoms with Crippen molar-refractivity contribution in [3.05, 3.63) is 59.2 Å². The van der Waals surface area contributed by atoms with Gasteiger partial charge < -0.3 is 9.47 Å². The van der Waals surface area contributed by atoms with Gasteiger partial charge in [-0.3, -0.25) is 19.7 Å². The quantitative estimate of drug-likeness (QED) is 0.370. The van der Waals surface area contributed by atoms with Crippen molar-refractivity contribution in [1.82, 2.24) is 5.32 Å². The Kier molecular flexibility index (Phi) is 5.45. The van der Waals surface area contributed by atoms with E-state index in [1.165, 1.54) is 32.2 Å². The molecule has 148 valence electrons. The van der Waals surface area contributed by atoms with Crippen molar-refractivity contribution in [3.8, 4) is 11.5 Å². The number of anilines is 1. The molecule has 2 aromatic rings. The number of para-hydroxylation sites is 1. The monoisotopic (exact) mass is 394 g/mol. The lowest BCUT2D eigenvalue weighted by Crippen LogP contribution is -2.54. The van der Waals surface area contributed by atoms with Crippen molar-refractivity contribution >= 4 is 35.6 Å². The van der Waals surface area contributed by atoms with Crippen LogP contribution in [0.5, 0.6) is 11.5 Å². The number of carbonyl (C=O) groups is 4. The van der Waals surface area contributed by atoms with Gasteiger partial charge in [-0.1, -0.05) is 24.3 Å². The average molecular weight is 394 g/mol. The first-order valence-electron chi connectivity index (χ1n) is 8.65. The van der Waals surface area contributed by atoms with Crippen LogP contribution in [0.4, 0.5) is 10.5 Å². The summed E-state index contributed by atoms with van der Waals surface area (Å²) in [6, 6.07) is 10.6. The molecule has 0 radical (unpaired) electrons. The van der Waals surface area contributed by atoms with Crippen LogP contribution >= 0.6 is 0 Å². The van der Waals surface area contributed by atoms with E-state index in [1.807, 2.05) is 0 Å². The van der Waals surface area contributed by atoms with Gasteiger partial charge in [-0.05, 0) is 42.3 Å². The third-order valence-electron chi connectivity index (χ3n) is 4.21. The number of amides is 4. The molecule has 0 saturated carbocycles. The number of imide groups is 2. The van der Waals surface area contributed by atoms with Gasteiger partial charge in [-0.15, -0.1) is 0 Å². The van der Waals surface area contributed by atoms with E-state index in [4.69, 9.17) is 9.47 Å². The summed E-state index contributed by atoms with van der Waals surface area (Å²) in [5.41, 5.74) is 1.33. The van der Waals surface area contributed by atoms with Crippen molar-refractivity contribution in [3.63, 3.8) is 0 Å². The zero-order chi connectivity index (χ0) is 21.1. The van der Waals surface area contributed by atoms with E-state index in [-0.39, 0.29) is 17.1 Å². The number of esters is 1. The summed E-state index contributed by atoms with van der Waals surface area (Å²) in [4.78, 5) is 49.6. The molecule has 3 rings (SSSR count). The number of benzene rings is 2. The molecule has 1 saturated heterocycles. The number of urea groups is 1. The van der Waals surface area contributed by atoms with Gasteiger partial charge in [0.15, 0.2) is 11.5 Å². The number of ether oxygens (including phenoxy) is 2. The molecule has 1 aliphatic heterocycles. The average Bonchev–Trinajstić information content (AvgIpc) is 2.67. The Morgan fingerprint density at radius 3 is 2.45 bits per heavy atom. The maximum Gasteiger partial charge on any atom is 0.335 e. The van der Waals surface area contributed by atoms with Crippen LogP contribution in [0.25, 0.3) is 6.08 Å². The van der Waals surface area contributed by atoms with E-state index in [2.05, 4.69) is 5.32 Å². The van der Waals surface area contributed by atoms with E-state index in [0.29, 0.717) is 16.8 Å². The van der Waals surface area contributed by atoms with Crippen LogP contribution in [0.3, 0.4) is 0 Å². The smallest absolute Gasteiger partial charge is 0.335 e. The number of rotatable bonds is 4. The molecule has 0 bridgehead atoms. The molecule has 8 nitrogen and oxygen atoms in total.